The average Bonchev–Trinajstić information content (AvgIpc) is 2.38. The SMILES string of the molecule is CC(C)(C)OC(=O)N1CCC(N)(c2ccccn2)CC1. The molecule has 1 aliphatic rings. The molecule has 1 saturated heterocycles. The van der Waals surface area contributed by atoms with Gasteiger partial charge in [0.1, 0.15) is 5.60 Å². The number of nitrogens with zero attached hydrogens (tertiary/aromatic N) is 2. The van der Waals surface area contributed by atoms with Gasteiger partial charge in [0.2, 0.25) is 0 Å². The Morgan fingerprint density at radius 3 is 2.50 bits per heavy atom. The molecule has 5 nitrogen and oxygen atoms in total. The fourth-order valence-corrected chi connectivity index (χ4v) is 2.33. The maximum absolute atomic E-state index is 12.0. The predicted molar refractivity (Wildman–Crippen MR) is 77.1 cm³/mol. The second kappa shape index (κ2) is 5.40. The largest absolute Gasteiger partial charge is 0.444 e. The number of hydrogen-bond acceptors (Lipinski definition) is 4. The number of pyridine rings is 1. The summed E-state index contributed by atoms with van der Waals surface area (Å²) in [4.78, 5) is 18.1. The van der Waals surface area contributed by atoms with Crippen LogP contribution in [0.5, 0.6) is 0 Å². The smallest absolute Gasteiger partial charge is 0.410 e. The topological polar surface area (TPSA) is 68.5 Å². The molecule has 1 aromatic rings. The van der Waals surface area contributed by atoms with E-state index in [0.717, 1.165) is 5.69 Å². The van der Waals surface area contributed by atoms with Crippen molar-refractivity contribution in [2.24, 2.45) is 5.73 Å². The van der Waals surface area contributed by atoms with Crippen LogP contribution in [-0.2, 0) is 10.3 Å². The molecule has 2 rings (SSSR count). The van der Waals surface area contributed by atoms with Gasteiger partial charge < -0.3 is 15.4 Å². The molecule has 0 atom stereocenters. The second-order valence-electron chi connectivity index (χ2n) is 6.34. The average molecular weight is 277 g/mol. The molecule has 1 aromatic heterocycles. The monoisotopic (exact) mass is 277 g/mol. The first-order chi connectivity index (χ1) is 9.30. The lowest BCUT2D eigenvalue weighted by atomic mass is 9.85. The summed E-state index contributed by atoms with van der Waals surface area (Å²) in [7, 11) is 0. The van der Waals surface area contributed by atoms with E-state index in [0.29, 0.717) is 25.9 Å². The third kappa shape index (κ3) is 3.48. The molecule has 0 spiro atoms. The molecule has 1 fully saturated rings. The minimum absolute atomic E-state index is 0.263. The van der Waals surface area contributed by atoms with Gasteiger partial charge in [-0.05, 0) is 45.7 Å². The summed E-state index contributed by atoms with van der Waals surface area (Å²) in [5, 5.41) is 0. The van der Waals surface area contributed by atoms with E-state index < -0.39 is 11.1 Å². The van der Waals surface area contributed by atoms with E-state index in [2.05, 4.69) is 4.98 Å². The van der Waals surface area contributed by atoms with Gasteiger partial charge in [0.25, 0.3) is 0 Å². The van der Waals surface area contributed by atoms with Crippen molar-refractivity contribution in [1.82, 2.24) is 9.88 Å². The van der Waals surface area contributed by atoms with Crippen LogP contribution in [0.1, 0.15) is 39.3 Å². The molecular formula is C15H23N3O2. The van der Waals surface area contributed by atoms with Crippen LogP contribution in [0, 0.1) is 0 Å². The highest BCUT2D eigenvalue weighted by Gasteiger charge is 2.36. The van der Waals surface area contributed by atoms with Crippen LogP contribution < -0.4 is 5.73 Å². The zero-order chi connectivity index (χ0) is 14.8. The Bertz CT molecular complexity index is 460. The highest BCUT2D eigenvalue weighted by Crippen LogP contribution is 2.29. The van der Waals surface area contributed by atoms with Crippen LogP contribution in [0.4, 0.5) is 4.79 Å². The molecular weight excluding hydrogens is 254 g/mol. The van der Waals surface area contributed by atoms with Crippen molar-refractivity contribution in [3.05, 3.63) is 30.1 Å². The molecule has 0 saturated carbocycles. The van der Waals surface area contributed by atoms with Crippen molar-refractivity contribution in [2.75, 3.05) is 13.1 Å². The molecule has 1 aliphatic heterocycles. The number of hydrogen-bond donors (Lipinski definition) is 1. The molecule has 0 radical (unpaired) electrons. The summed E-state index contributed by atoms with van der Waals surface area (Å²) in [6.07, 6.45) is 2.89. The molecule has 0 aliphatic carbocycles. The first kappa shape index (κ1) is 14.8. The second-order valence-corrected chi connectivity index (χ2v) is 6.34. The van der Waals surface area contributed by atoms with Crippen LogP contribution in [0.25, 0.3) is 0 Å². The fourth-order valence-electron chi connectivity index (χ4n) is 2.33. The normalized spacial score (nSPS) is 18.7. The number of carbonyl (C=O) groups is 1. The first-order valence-electron chi connectivity index (χ1n) is 6.98. The molecule has 0 bridgehead atoms. The van der Waals surface area contributed by atoms with Crippen molar-refractivity contribution < 1.29 is 9.53 Å². The third-order valence-electron chi connectivity index (χ3n) is 3.48. The Kier molecular flexibility index (Phi) is 3.99. The van der Waals surface area contributed by atoms with Crippen molar-refractivity contribution in [1.29, 1.82) is 0 Å². The predicted octanol–water partition coefficient (Wildman–Crippen LogP) is 2.27. The standard InChI is InChI=1S/C15H23N3O2/c1-14(2,3)20-13(19)18-10-7-15(16,8-11-18)12-6-4-5-9-17-12/h4-6,9H,7-8,10-11,16H2,1-3H3. The lowest BCUT2D eigenvalue weighted by molar-refractivity contribution is 0.0164. The molecule has 0 aromatic carbocycles. The molecule has 2 N–H and O–H groups in total. The highest BCUT2D eigenvalue weighted by molar-refractivity contribution is 5.68. The van der Waals surface area contributed by atoms with Gasteiger partial charge in [-0.3, -0.25) is 4.98 Å². The molecule has 2 heterocycles. The Morgan fingerprint density at radius 2 is 2.00 bits per heavy atom. The number of nitrogens with two attached hydrogens (primary N) is 1. The van der Waals surface area contributed by atoms with Crippen LogP contribution in [0.2, 0.25) is 0 Å². The lowest BCUT2D eigenvalue weighted by Crippen LogP contribution is -2.51. The Hall–Kier alpha value is -1.62. The molecule has 5 heteroatoms. The quantitative estimate of drug-likeness (QED) is 0.855. The Balaban J connectivity index is 1.97. The zero-order valence-electron chi connectivity index (χ0n) is 12.4. The lowest BCUT2D eigenvalue weighted by Gasteiger charge is -2.39. The minimum Gasteiger partial charge on any atom is -0.444 e. The third-order valence-corrected chi connectivity index (χ3v) is 3.48. The molecule has 1 amide bonds. The van der Waals surface area contributed by atoms with Crippen LogP contribution in [-0.4, -0.2) is 34.7 Å². The van der Waals surface area contributed by atoms with E-state index in [1.807, 2.05) is 39.0 Å². The van der Waals surface area contributed by atoms with Gasteiger partial charge in [0, 0.05) is 19.3 Å². The van der Waals surface area contributed by atoms with Gasteiger partial charge in [-0.2, -0.15) is 0 Å². The highest BCUT2D eigenvalue weighted by atomic mass is 16.6. The van der Waals surface area contributed by atoms with Gasteiger partial charge in [0.05, 0.1) is 11.2 Å². The number of likely N-dealkylation sites (tertiary alicyclic amines) is 1. The summed E-state index contributed by atoms with van der Waals surface area (Å²) in [6.45, 7) is 6.81. The van der Waals surface area contributed by atoms with E-state index in [1.165, 1.54) is 0 Å². The van der Waals surface area contributed by atoms with E-state index in [1.54, 1.807) is 11.1 Å². The number of aromatic nitrogens is 1. The maximum Gasteiger partial charge on any atom is 0.410 e. The van der Waals surface area contributed by atoms with E-state index in [9.17, 15) is 4.79 Å². The summed E-state index contributed by atoms with van der Waals surface area (Å²) >= 11 is 0. The summed E-state index contributed by atoms with van der Waals surface area (Å²) in [5.41, 5.74) is 6.41. The van der Waals surface area contributed by atoms with Crippen molar-refractivity contribution >= 4 is 6.09 Å². The number of carbonyl (C=O) groups excluding carboxylic acids is 1. The summed E-state index contributed by atoms with van der Waals surface area (Å²) in [5.74, 6) is 0. The number of amides is 1. The fraction of sp³-hybridized carbons (Fsp3) is 0.600. The minimum atomic E-state index is -0.463. The van der Waals surface area contributed by atoms with E-state index in [4.69, 9.17) is 10.5 Å². The number of piperidine rings is 1. The Morgan fingerprint density at radius 1 is 1.35 bits per heavy atom. The summed E-state index contributed by atoms with van der Waals surface area (Å²) < 4.78 is 5.38. The van der Waals surface area contributed by atoms with E-state index >= 15 is 0 Å². The number of ether oxygens (including phenoxy) is 1. The number of rotatable bonds is 1. The van der Waals surface area contributed by atoms with Gasteiger partial charge in [-0.1, -0.05) is 6.07 Å². The Labute approximate surface area is 120 Å². The van der Waals surface area contributed by atoms with Crippen LogP contribution in [0.3, 0.4) is 0 Å². The van der Waals surface area contributed by atoms with Crippen molar-refractivity contribution in [3.8, 4) is 0 Å². The molecule has 20 heavy (non-hydrogen) atoms. The summed E-state index contributed by atoms with van der Waals surface area (Å²) in [6, 6.07) is 5.77. The molecule has 110 valence electrons. The van der Waals surface area contributed by atoms with Gasteiger partial charge in [0.15, 0.2) is 0 Å². The zero-order valence-corrected chi connectivity index (χ0v) is 12.4. The van der Waals surface area contributed by atoms with Crippen molar-refractivity contribution in [2.45, 2.75) is 44.8 Å². The van der Waals surface area contributed by atoms with E-state index in [-0.39, 0.29) is 6.09 Å². The van der Waals surface area contributed by atoms with Crippen LogP contribution in [0.15, 0.2) is 24.4 Å². The van der Waals surface area contributed by atoms with Crippen LogP contribution >= 0.6 is 0 Å². The van der Waals surface area contributed by atoms with Crippen molar-refractivity contribution in [3.63, 3.8) is 0 Å². The molecule has 0 unspecified atom stereocenters. The van der Waals surface area contributed by atoms with Gasteiger partial charge in [-0.15, -0.1) is 0 Å². The first-order valence-corrected chi connectivity index (χ1v) is 6.98. The van der Waals surface area contributed by atoms with Gasteiger partial charge >= 0.3 is 6.09 Å². The maximum atomic E-state index is 12.0. The van der Waals surface area contributed by atoms with Gasteiger partial charge in [-0.25, -0.2) is 4.79 Å².